The summed E-state index contributed by atoms with van der Waals surface area (Å²) in [5.74, 6) is -0.302. The van der Waals surface area contributed by atoms with Gasteiger partial charge in [-0.05, 0) is 18.6 Å². The first kappa shape index (κ1) is 13.9. The van der Waals surface area contributed by atoms with Gasteiger partial charge in [-0.2, -0.15) is 0 Å². The van der Waals surface area contributed by atoms with E-state index in [2.05, 4.69) is 10.2 Å². The minimum Gasteiger partial charge on any atom is -0.378 e. The first-order valence-corrected chi connectivity index (χ1v) is 7.09. The molecular weight excluding hydrogens is 270 g/mol. The van der Waals surface area contributed by atoms with Gasteiger partial charge >= 0.3 is 0 Å². The third kappa shape index (κ3) is 2.35. The number of likely N-dealkylation sites (N-methyl/N-ethyl adjacent to an activating group) is 1. The van der Waals surface area contributed by atoms with Crippen molar-refractivity contribution in [3.8, 4) is 0 Å². The lowest BCUT2D eigenvalue weighted by molar-refractivity contribution is -0.125. The fraction of sp³-hybridized carbons (Fsp3) is 0.467. The topological polar surface area (TPSA) is 72.9 Å². The van der Waals surface area contributed by atoms with Gasteiger partial charge in [-0.1, -0.05) is 6.07 Å². The summed E-state index contributed by atoms with van der Waals surface area (Å²) in [7, 11) is 1.67. The van der Waals surface area contributed by atoms with Crippen molar-refractivity contribution in [2.45, 2.75) is 25.5 Å². The highest BCUT2D eigenvalue weighted by Crippen LogP contribution is 2.37. The van der Waals surface area contributed by atoms with E-state index in [1.165, 1.54) is 11.8 Å². The van der Waals surface area contributed by atoms with Gasteiger partial charge in [-0.15, -0.1) is 0 Å². The van der Waals surface area contributed by atoms with E-state index in [0.717, 1.165) is 30.9 Å². The largest absolute Gasteiger partial charge is 0.378 e. The number of aliphatic hydroxyl groups is 1. The molecule has 1 saturated heterocycles. The second-order valence-electron chi connectivity index (χ2n) is 5.68. The highest BCUT2D eigenvalue weighted by Gasteiger charge is 2.34. The van der Waals surface area contributed by atoms with Crippen LogP contribution in [-0.4, -0.2) is 43.1 Å². The van der Waals surface area contributed by atoms with Crippen LogP contribution in [-0.2, 0) is 9.59 Å². The lowest BCUT2D eigenvalue weighted by Crippen LogP contribution is -2.35. The molecule has 21 heavy (non-hydrogen) atoms. The number of aliphatic hydroxyl groups excluding tert-OH is 1. The Morgan fingerprint density at radius 2 is 2.19 bits per heavy atom. The lowest BCUT2D eigenvalue weighted by atomic mass is 10.1. The number of rotatable bonds is 2. The van der Waals surface area contributed by atoms with E-state index in [9.17, 15) is 14.7 Å². The smallest absolute Gasteiger partial charge is 0.260 e. The Balaban J connectivity index is 1.80. The van der Waals surface area contributed by atoms with E-state index in [1.807, 2.05) is 18.2 Å². The third-order valence-corrected chi connectivity index (χ3v) is 4.20. The summed E-state index contributed by atoms with van der Waals surface area (Å²) in [4.78, 5) is 26.6. The lowest BCUT2D eigenvalue weighted by Gasteiger charge is -2.20. The fourth-order valence-electron chi connectivity index (χ4n) is 3.09. The number of carbonyl (C=O) groups is 2. The average Bonchev–Trinajstić information content (AvgIpc) is 2.98. The van der Waals surface area contributed by atoms with E-state index in [0.29, 0.717) is 5.56 Å². The molecule has 3 rings (SSSR count). The minimum absolute atomic E-state index is 0.00995. The van der Waals surface area contributed by atoms with Gasteiger partial charge in [0.1, 0.15) is 0 Å². The molecule has 2 N–H and O–H groups in total. The molecule has 0 bridgehead atoms. The molecule has 0 aliphatic carbocycles. The van der Waals surface area contributed by atoms with Crippen LogP contribution in [0.3, 0.4) is 0 Å². The van der Waals surface area contributed by atoms with Crippen LogP contribution in [0.4, 0.5) is 11.4 Å². The van der Waals surface area contributed by atoms with Crippen LogP contribution in [0.25, 0.3) is 0 Å². The third-order valence-electron chi connectivity index (χ3n) is 4.20. The molecule has 2 amide bonds. The number of hydrogen-bond acceptors (Lipinski definition) is 4. The molecule has 0 radical (unpaired) electrons. The van der Waals surface area contributed by atoms with Crippen molar-refractivity contribution < 1.29 is 14.7 Å². The number of amides is 2. The summed E-state index contributed by atoms with van der Waals surface area (Å²) in [5.41, 5.74) is 2.42. The van der Waals surface area contributed by atoms with Crippen molar-refractivity contribution in [1.82, 2.24) is 5.32 Å². The van der Waals surface area contributed by atoms with Crippen LogP contribution in [0.5, 0.6) is 0 Å². The maximum atomic E-state index is 11.8. The van der Waals surface area contributed by atoms with Gasteiger partial charge in [-0.25, -0.2) is 0 Å². The fourth-order valence-corrected chi connectivity index (χ4v) is 3.09. The Kier molecular flexibility index (Phi) is 3.33. The zero-order valence-electron chi connectivity index (χ0n) is 12.2. The molecule has 6 heteroatoms. The number of anilines is 2. The predicted molar refractivity (Wildman–Crippen MR) is 79.2 cm³/mol. The van der Waals surface area contributed by atoms with Crippen LogP contribution in [0.15, 0.2) is 18.2 Å². The van der Waals surface area contributed by atoms with E-state index in [-0.39, 0.29) is 17.9 Å². The first-order valence-electron chi connectivity index (χ1n) is 7.09. The highest BCUT2D eigenvalue weighted by atomic mass is 16.3. The molecule has 112 valence electrons. The van der Waals surface area contributed by atoms with Crippen molar-refractivity contribution in [2.24, 2.45) is 0 Å². The van der Waals surface area contributed by atoms with E-state index < -0.39 is 6.10 Å². The summed E-state index contributed by atoms with van der Waals surface area (Å²) in [6.07, 6.45) is -0.140. The van der Waals surface area contributed by atoms with E-state index in [4.69, 9.17) is 0 Å². The second kappa shape index (κ2) is 5.04. The SMILES string of the molecule is CC(=O)NC1CCN(c2ccc3c(c2)N(C)C(=O)C3O)C1. The van der Waals surface area contributed by atoms with Gasteiger partial charge in [0.05, 0.1) is 5.69 Å². The molecule has 1 fully saturated rings. The summed E-state index contributed by atoms with van der Waals surface area (Å²) in [6, 6.07) is 5.83. The molecule has 2 aliphatic heterocycles. The number of hydrogen-bond donors (Lipinski definition) is 2. The Morgan fingerprint density at radius 1 is 1.43 bits per heavy atom. The van der Waals surface area contributed by atoms with Crippen LogP contribution in [0.2, 0.25) is 0 Å². The number of benzene rings is 1. The zero-order valence-corrected chi connectivity index (χ0v) is 12.2. The van der Waals surface area contributed by atoms with Gasteiger partial charge in [0, 0.05) is 44.4 Å². The molecule has 0 saturated carbocycles. The van der Waals surface area contributed by atoms with Crippen molar-refractivity contribution >= 4 is 23.2 Å². The van der Waals surface area contributed by atoms with Crippen molar-refractivity contribution in [3.05, 3.63) is 23.8 Å². The Labute approximate surface area is 123 Å². The summed E-state index contributed by atoms with van der Waals surface area (Å²) in [6.45, 7) is 3.16. The average molecular weight is 289 g/mol. The van der Waals surface area contributed by atoms with Crippen molar-refractivity contribution in [1.29, 1.82) is 0 Å². The summed E-state index contributed by atoms with van der Waals surface area (Å²) < 4.78 is 0. The molecule has 1 aromatic rings. The van der Waals surface area contributed by atoms with Gasteiger partial charge in [0.15, 0.2) is 6.10 Å². The summed E-state index contributed by atoms with van der Waals surface area (Å²) in [5, 5.41) is 12.8. The molecule has 0 aromatic heterocycles. The number of carbonyl (C=O) groups excluding carboxylic acids is 2. The van der Waals surface area contributed by atoms with E-state index in [1.54, 1.807) is 7.05 Å². The molecule has 0 spiro atoms. The van der Waals surface area contributed by atoms with Gasteiger partial charge in [-0.3, -0.25) is 9.59 Å². The van der Waals surface area contributed by atoms with Crippen LogP contribution in [0.1, 0.15) is 25.0 Å². The highest BCUT2D eigenvalue weighted by molar-refractivity contribution is 6.03. The quantitative estimate of drug-likeness (QED) is 0.827. The van der Waals surface area contributed by atoms with E-state index >= 15 is 0 Å². The number of fused-ring (bicyclic) bond motifs is 1. The molecular formula is C15H19N3O3. The van der Waals surface area contributed by atoms with Crippen molar-refractivity contribution in [2.75, 3.05) is 29.9 Å². The molecule has 2 atom stereocenters. The standard InChI is InChI=1S/C15H19N3O3/c1-9(19)16-10-5-6-18(8-10)11-3-4-12-13(7-11)17(2)15(21)14(12)20/h3-4,7,10,14,20H,5-6,8H2,1-2H3,(H,16,19). The first-order chi connectivity index (χ1) is 9.97. The number of nitrogens with one attached hydrogen (secondary N) is 1. The Hall–Kier alpha value is -2.08. The molecule has 1 aromatic carbocycles. The summed E-state index contributed by atoms with van der Waals surface area (Å²) >= 11 is 0. The second-order valence-corrected chi connectivity index (χ2v) is 5.68. The molecule has 6 nitrogen and oxygen atoms in total. The van der Waals surface area contributed by atoms with Crippen molar-refractivity contribution in [3.63, 3.8) is 0 Å². The Bertz CT molecular complexity index is 602. The number of nitrogens with zero attached hydrogens (tertiary/aromatic N) is 2. The zero-order chi connectivity index (χ0) is 15.1. The predicted octanol–water partition coefficient (Wildman–Crippen LogP) is 0.411. The van der Waals surface area contributed by atoms with Crippen LogP contribution >= 0.6 is 0 Å². The normalized spacial score (nSPS) is 24.4. The van der Waals surface area contributed by atoms with Crippen LogP contribution < -0.4 is 15.1 Å². The maximum absolute atomic E-state index is 11.8. The Morgan fingerprint density at radius 3 is 2.90 bits per heavy atom. The van der Waals surface area contributed by atoms with Crippen LogP contribution in [0, 0.1) is 0 Å². The van der Waals surface area contributed by atoms with Gasteiger partial charge < -0.3 is 20.2 Å². The minimum atomic E-state index is -1.05. The van der Waals surface area contributed by atoms with Gasteiger partial charge in [0.2, 0.25) is 5.91 Å². The molecule has 2 heterocycles. The molecule has 2 unspecified atom stereocenters. The molecule has 2 aliphatic rings. The maximum Gasteiger partial charge on any atom is 0.260 e. The monoisotopic (exact) mass is 289 g/mol. The van der Waals surface area contributed by atoms with Gasteiger partial charge in [0.25, 0.3) is 5.91 Å².